The number of para-hydroxylation sites is 2. The molecule has 0 spiro atoms. The van der Waals surface area contributed by atoms with Gasteiger partial charge in [-0.2, -0.15) is 0 Å². The van der Waals surface area contributed by atoms with Gasteiger partial charge in [-0.1, -0.05) is 24.3 Å². The largest absolute Gasteiger partial charge is 0.497 e. The quantitative estimate of drug-likeness (QED) is 0.274. The van der Waals surface area contributed by atoms with E-state index < -0.39 is 12.1 Å². The number of pyridine rings is 1. The number of carbonyl (C=O) groups is 1. The summed E-state index contributed by atoms with van der Waals surface area (Å²) in [5.41, 5.74) is 1.98. The minimum absolute atomic E-state index is 0.0684. The summed E-state index contributed by atoms with van der Waals surface area (Å²) in [6, 6.07) is 21.6. The Kier molecular flexibility index (Phi) is 5.55. The third-order valence-corrected chi connectivity index (χ3v) is 5.60. The molecule has 3 aromatic carbocycles. The third-order valence-electron chi connectivity index (χ3n) is 5.60. The van der Waals surface area contributed by atoms with Crippen molar-refractivity contribution in [2.75, 3.05) is 7.11 Å². The van der Waals surface area contributed by atoms with Crippen molar-refractivity contribution in [1.29, 1.82) is 0 Å². The lowest BCUT2D eigenvalue weighted by molar-refractivity contribution is -0.150. The smallest absolute Gasteiger partial charge is 0.326 e. The number of hydrogen-bond donors (Lipinski definition) is 0. The molecule has 0 radical (unpaired) electrons. The van der Waals surface area contributed by atoms with Crippen LogP contribution in [0.3, 0.4) is 0 Å². The van der Waals surface area contributed by atoms with Gasteiger partial charge in [0, 0.05) is 16.3 Å². The fourth-order valence-electron chi connectivity index (χ4n) is 3.91. The molecule has 0 amide bonds. The molecule has 0 fully saturated rings. The Morgan fingerprint density at radius 2 is 1.56 bits per heavy atom. The highest BCUT2D eigenvalue weighted by Gasteiger charge is 2.20. The van der Waals surface area contributed by atoms with Crippen molar-refractivity contribution in [2.45, 2.75) is 19.6 Å². The van der Waals surface area contributed by atoms with Gasteiger partial charge in [-0.15, -0.1) is 10.2 Å². The predicted molar refractivity (Wildman–Crippen MR) is 127 cm³/mol. The SMILES string of the molecule is COc1ccc(-c2nnc(C(C)OC(=O)Cn3c4ccccc4c(=O)c4ccccc43)o2)cc1. The maximum Gasteiger partial charge on any atom is 0.326 e. The zero-order chi connectivity index (χ0) is 23.7. The van der Waals surface area contributed by atoms with Gasteiger partial charge in [0.1, 0.15) is 12.3 Å². The molecule has 34 heavy (non-hydrogen) atoms. The van der Waals surface area contributed by atoms with Crippen LogP contribution in [0.15, 0.2) is 82.0 Å². The number of esters is 1. The summed E-state index contributed by atoms with van der Waals surface area (Å²) in [5, 5.41) is 9.18. The summed E-state index contributed by atoms with van der Waals surface area (Å²) in [7, 11) is 1.59. The van der Waals surface area contributed by atoms with Gasteiger partial charge in [-0.05, 0) is 55.5 Å². The molecule has 1 atom stereocenters. The number of methoxy groups -OCH3 is 1. The van der Waals surface area contributed by atoms with Crippen LogP contribution in [0.4, 0.5) is 0 Å². The lowest BCUT2D eigenvalue weighted by Gasteiger charge is -2.16. The number of benzene rings is 3. The molecule has 1 unspecified atom stereocenters. The van der Waals surface area contributed by atoms with Crippen LogP contribution in [0.2, 0.25) is 0 Å². The fraction of sp³-hybridized carbons (Fsp3) is 0.154. The summed E-state index contributed by atoms with van der Waals surface area (Å²) in [6.45, 7) is 1.59. The average Bonchev–Trinajstić information content (AvgIpc) is 3.37. The van der Waals surface area contributed by atoms with Crippen molar-refractivity contribution < 1.29 is 18.7 Å². The number of nitrogens with zero attached hydrogens (tertiary/aromatic N) is 3. The molecule has 2 heterocycles. The number of ether oxygens (including phenoxy) is 2. The second-order valence-electron chi connectivity index (χ2n) is 7.76. The van der Waals surface area contributed by atoms with Crippen molar-refractivity contribution in [3.05, 3.63) is 88.9 Å². The van der Waals surface area contributed by atoms with Gasteiger partial charge in [0.15, 0.2) is 11.5 Å². The molecule has 0 aliphatic rings. The summed E-state index contributed by atoms with van der Waals surface area (Å²) in [4.78, 5) is 25.8. The molecule has 0 aliphatic carbocycles. The van der Waals surface area contributed by atoms with Gasteiger partial charge < -0.3 is 18.5 Å². The van der Waals surface area contributed by atoms with E-state index in [1.54, 1.807) is 67.1 Å². The van der Waals surface area contributed by atoms with Gasteiger partial charge in [-0.25, -0.2) is 0 Å². The van der Waals surface area contributed by atoms with Crippen molar-refractivity contribution in [2.24, 2.45) is 0 Å². The number of hydrogen-bond acceptors (Lipinski definition) is 7. The highest BCUT2D eigenvalue weighted by atomic mass is 16.6. The Morgan fingerprint density at radius 3 is 2.18 bits per heavy atom. The average molecular weight is 455 g/mol. The van der Waals surface area contributed by atoms with Crippen molar-refractivity contribution in [3.8, 4) is 17.2 Å². The zero-order valence-electron chi connectivity index (χ0n) is 18.6. The minimum atomic E-state index is -0.746. The van der Waals surface area contributed by atoms with Crippen LogP contribution in [0, 0.1) is 0 Å². The van der Waals surface area contributed by atoms with Gasteiger partial charge in [0.25, 0.3) is 5.89 Å². The van der Waals surface area contributed by atoms with Crippen molar-refractivity contribution in [1.82, 2.24) is 14.8 Å². The number of fused-ring (bicyclic) bond motifs is 2. The molecule has 0 N–H and O–H groups in total. The Hall–Kier alpha value is -4.46. The van der Waals surface area contributed by atoms with Crippen molar-refractivity contribution >= 4 is 27.8 Å². The Morgan fingerprint density at radius 1 is 0.941 bits per heavy atom. The first kappa shape index (κ1) is 21.4. The molecule has 170 valence electrons. The number of carbonyl (C=O) groups excluding carboxylic acids is 1. The van der Waals surface area contributed by atoms with Gasteiger partial charge in [0.05, 0.1) is 18.1 Å². The maximum atomic E-state index is 12.9. The molecule has 0 saturated carbocycles. The molecule has 2 aromatic heterocycles. The number of aromatic nitrogens is 3. The third kappa shape index (κ3) is 3.90. The minimum Gasteiger partial charge on any atom is -0.497 e. The van der Waals surface area contributed by atoms with Gasteiger partial charge >= 0.3 is 5.97 Å². The van der Waals surface area contributed by atoms with Crippen LogP contribution in [0.5, 0.6) is 5.75 Å². The van der Waals surface area contributed by atoms with E-state index in [0.29, 0.717) is 33.4 Å². The summed E-state index contributed by atoms with van der Waals surface area (Å²) < 4.78 is 18.3. The van der Waals surface area contributed by atoms with E-state index >= 15 is 0 Å². The van der Waals surface area contributed by atoms with Crippen LogP contribution in [-0.2, 0) is 16.1 Å². The first-order valence-electron chi connectivity index (χ1n) is 10.7. The normalized spacial score (nSPS) is 12.1. The highest BCUT2D eigenvalue weighted by Crippen LogP contribution is 2.25. The maximum absolute atomic E-state index is 12.9. The standard InChI is InChI=1S/C26H21N3O5/c1-16(25-27-28-26(34-25)17-11-13-18(32-2)14-12-17)33-23(30)15-29-21-9-5-3-7-19(21)24(31)20-8-4-6-10-22(20)29/h3-14,16H,15H2,1-2H3. The summed E-state index contributed by atoms with van der Waals surface area (Å²) >= 11 is 0. The van der Waals surface area contributed by atoms with E-state index in [2.05, 4.69) is 10.2 Å². The first-order chi connectivity index (χ1) is 16.5. The topological polar surface area (TPSA) is 96.5 Å². The molecule has 8 heteroatoms. The summed E-state index contributed by atoms with van der Waals surface area (Å²) in [5.74, 6) is 0.732. The molecule has 0 aliphatic heterocycles. The second-order valence-corrected chi connectivity index (χ2v) is 7.76. The van der Waals surface area contributed by atoms with Crippen LogP contribution in [-0.4, -0.2) is 27.8 Å². The first-order valence-corrected chi connectivity index (χ1v) is 10.7. The molecule has 0 bridgehead atoms. The molecule has 5 aromatic rings. The van der Waals surface area contributed by atoms with E-state index in [1.165, 1.54) is 0 Å². The Labute approximate surface area is 194 Å². The number of rotatable bonds is 6. The molecular formula is C26H21N3O5. The summed E-state index contributed by atoms with van der Waals surface area (Å²) in [6.07, 6.45) is -0.746. The predicted octanol–water partition coefficient (Wildman–Crippen LogP) is 4.52. The Bertz CT molecular complexity index is 1490. The van der Waals surface area contributed by atoms with Crippen LogP contribution in [0.1, 0.15) is 18.9 Å². The van der Waals surface area contributed by atoms with E-state index in [0.717, 1.165) is 5.56 Å². The fourth-order valence-corrected chi connectivity index (χ4v) is 3.91. The van der Waals surface area contributed by atoms with E-state index in [9.17, 15) is 9.59 Å². The van der Waals surface area contributed by atoms with Crippen LogP contribution >= 0.6 is 0 Å². The van der Waals surface area contributed by atoms with Gasteiger partial charge in [-0.3, -0.25) is 9.59 Å². The monoisotopic (exact) mass is 455 g/mol. The highest BCUT2D eigenvalue weighted by molar-refractivity contribution is 5.94. The molecule has 0 saturated heterocycles. The van der Waals surface area contributed by atoms with E-state index in [-0.39, 0.29) is 17.9 Å². The molecule has 5 rings (SSSR count). The molecular weight excluding hydrogens is 434 g/mol. The molecule has 8 nitrogen and oxygen atoms in total. The Balaban J connectivity index is 1.39. The second kappa shape index (κ2) is 8.82. The van der Waals surface area contributed by atoms with Crippen LogP contribution in [0.25, 0.3) is 33.3 Å². The van der Waals surface area contributed by atoms with E-state index in [1.807, 2.05) is 24.3 Å². The lowest BCUT2D eigenvalue weighted by Crippen LogP contribution is -2.19. The van der Waals surface area contributed by atoms with E-state index in [4.69, 9.17) is 13.9 Å². The van der Waals surface area contributed by atoms with Crippen molar-refractivity contribution in [3.63, 3.8) is 0 Å². The van der Waals surface area contributed by atoms with Gasteiger partial charge in [0.2, 0.25) is 5.89 Å². The van der Waals surface area contributed by atoms with Crippen LogP contribution < -0.4 is 10.2 Å². The lowest BCUT2D eigenvalue weighted by atomic mass is 10.1. The zero-order valence-corrected chi connectivity index (χ0v) is 18.6.